The van der Waals surface area contributed by atoms with E-state index in [-0.39, 0.29) is 18.7 Å². The summed E-state index contributed by atoms with van der Waals surface area (Å²) in [4.78, 5) is 22.8. The predicted molar refractivity (Wildman–Crippen MR) is 128 cm³/mol. The molecule has 6 nitrogen and oxygen atoms in total. The summed E-state index contributed by atoms with van der Waals surface area (Å²) in [7, 11) is 0. The molecular formula is C26H26ClN3O3. The van der Waals surface area contributed by atoms with Gasteiger partial charge in [-0.05, 0) is 80.2 Å². The Labute approximate surface area is 198 Å². The van der Waals surface area contributed by atoms with Crippen LogP contribution in [0, 0.1) is 0 Å². The molecule has 0 saturated carbocycles. The van der Waals surface area contributed by atoms with Gasteiger partial charge in [0.2, 0.25) is 6.79 Å². The standard InChI is InChI=1S/C26H26ClN3O3/c27-25-14-21(26(31)30-11-3-4-19(30)15-29-9-1-2-10-29)20-12-17(5-7-22(20)28-25)18-6-8-23-24(13-18)33-16-32-23/h5-8,12-14,19H,1-4,9-11,15-16H2. The van der Waals surface area contributed by atoms with Gasteiger partial charge in [0, 0.05) is 24.5 Å². The summed E-state index contributed by atoms with van der Waals surface area (Å²) in [6.07, 6.45) is 4.62. The van der Waals surface area contributed by atoms with Crippen molar-refractivity contribution in [2.75, 3.05) is 33.0 Å². The minimum atomic E-state index is 0.0498. The average Bonchev–Trinajstić information content (AvgIpc) is 3.59. The Morgan fingerprint density at radius 2 is 1.76 bits per heavy atom. The average molecular weight is 464 g/mol. The smallest absolute Gasteiger partial charge is 0.254 e. The Morgan fingerprint density at radius 1 is 0.970 bits per heavy atom. The second-order valence-corrected chi connectivity index (χ2v) is 9.48. The lowest BCUT2D eigenvalue weighted by atomic mass is 10.00. The summed E-state index contributed by atoms with van der Waals surface area (Å²) in [5.41, 5.74) is 3.35. The molecule has 33 heavy (non-hydrogen) atoms. The highest BCUT2D eigenvalue weighted by Gasteiger charge is 2.32. The van der Waals surface area contributed by atoms with Crippen molar-refractivity contribution in [2.24, 2.45) is 0 Å². The number of halogens is 1. The highest BCUT2D eigenvalue weighted by atomic mass is 35.5. The van der Waals surface area contributed by atoms with Gasteiger partial charge in [0.25, 0.3) is 5.91 Å². The number of hydrogen-bond donors (Lipinski definition) is 0. The third-order valence-corrected chi connectivity index (χ3v) is 7.21. The molecule has 3 aliphatic rings. The summed E-state index contributed by atoms with van der Waals surface area (Å²) in [5.74, 6) is 1.54. The minimum Gasteiger partial charge on any atom is -0.454 e. The molecule has 3 aromatic rings. The van der Waals surface area contributed by atoms with Crippen molar-refractivity contribution in [3.8, 4) is 22.6 Å². The third-order valence-electron chi connectivity index (χ3n) is 7.02. The Bertz CT molecular complexity index is 1220. The van der Waals surface area contributed by atoms with Crippen molar-refractivity contribution in [1.82, 2.24) is 14.8 Å². The monoisotopic (exact) mass is 463 g/mol. The molecule has 7 heteroatoms. The molecule has 0 N–H and O–H groups in total. The van der Waals surface area contributed by atoms with Crippen LogP contribution in [0.4, 0.5) is 0 Å². The fraction of sp³-hybridized carbons (Fsp3) is 0.385. The van der Waals surface area contributed by atoms with E-state index in [0.717, 1.165) is 72.5 Å². The van der Waals surface area contributed by atoms with Gasteiger partial charge in [-0.2, -0.15) is 0 Å². The van der Waals surface area contributed by atoms with Crippen LogP contribution < -0.4 is 9.47 Å². The number of hydrogen-bond acceptors (Lipinski definition) is 5. The molecule has 170 valence electrons. The van der Waals surface area contributed by atoms with E-state index in [1.54, 1.807) is 6.07 Å². The molecule has 2 saturated heterocycles. The molecule has 2 fully saturated rings. The van der Waals surface area contributed by atoms with Crippen LogP contribution >= 0.6 is 11.6 Å². The van der Waals surface area contributed by atoms with Crippen LogP contribution in [0.3, 0.4) is 0 Å². The first-order valence-electron chi connectivity index (χ1n) is 11.7. The van der Waals surface area contributed by atoms with E-state index < -0.39 is 0 Å². The molecular weight excluding hydrogens is 438 g/mol. The van der Waals surface area contributed by atoms with Crippen molar-refractivity contribution in [3.63, 3.8) is 0 Å². The van der Waals surface area contributed by atoms with Gasteiger partial charge in [-0.1, -0.05) is 23.7 Å². The van der Waals surface area contributed by atoms with Gasteiger partial charge in [0.05, 0.1) is 11.1 Å². The summed E-state index contributed by atoms with van der Waals surface area (Å²) in [5, 5.41) is 1.17. The van der Waals surface area contributed by atoms with Crippen LogP contribution in [0.2, 0.25) is 5.15 Å². The number of aromatic nitrogens is 1. The zero-order valence-electron chi connectivity index (χ0n) is 18.4. The third kappa shape index (κ3) is 3.91. The first-order valence-corrected chi connectivity index (χ1v) is 12.1. The maximum Gasteiger partial charge on any atom is 0.254 e. The fourth-order valence-electron chi connectivity index (χ4n) is 5.34. The molecule has 1 atom stereocenters. The summed E-state index contributed by atoms with van der Waals surface area (Å²) in [6.45, 7) is 4.28. The molecule has 1 unspecified atom stereocenters. The lowest BCUT2D eigenvalue weighted by molar-refractivity contribution is 0.0710. The Balaban J connectivity index is 1.36. The first kappa shape index (κ1) is 20.8. The van der Waals surface area contributed by atoms with Crippen LogP contribution in [-0.4, -0.2) is 59.7 Å². The van der Waals surface area contributed by atoms with Gasteiger partial charge in [0.1, 0.15) is 5.15 Å². The molecule has 2 aromatic carbocycles. The van der Waals surface area contributed by atoms with Crippen molar-refractivity contribution >= 4 is 28.4 Å². The second-order valence-electron chi connectivity index (χ2n) is 9.09. The van der Waals surface area contributed by atoms with Gasteiger partial charge in [-0.15, -0.1) is 0 Å². The van der Waals surface area contributed by atoms with E-state index in [9.17, 15) is 4.79 Å². The molecule has 0 spiro atoms. The van der Waals surface area contributed by atoms with Gasteiger partial charge in [0.15, 0.2) is 11.5 Å². The molecule has 0 aliphatic carbocycles. The normalized spacial score (nSPS) is 20.2. The number of carbonyl (C=O) groups is 1. The molecule has 1 amide bonds. The zero-order valence-corrected chi connectivity index (χ0v) is 19.2. The fourth-order valence-corrected chi connectivity index (χ4v) is 5.54. The molecule has 1 aromatic heterocycles. The highest BCUT2D eigenvalue weighted by molar-refractivity contribution is 6.30. The number of amides is 1. The van der Waals surface area contributed by atoms with Crippen LogP contribution in [-0.2, 0) is 0 Å². The van der Waals surface area contributed by atoms with E-state index in [2.05, 4.69) is 14.8 Å². The molecule has 6 rings (SSSR count). The van der Waals surface area contributed by atoms with Crippen LogP contribution in [0.1, 0.15) is 36.0 Å². The van der Waals surface area contributed by atoms with E-state index in [4.69, 9.17) is 21.1 Å². The van der Waals surface area contributed by atoms with Crippen LogP contribution in [0.15, 0.2) is 42.5 Å². The maximum absolute atomic E-state index is 13.8. The van der Waals surface area contributed by atoms with Crippen molar-refractivity contribution in [2.45, 2.75) is 31.7 Å². The number of likely N-dealkylation sites (tertiary alicyclic amines) is 2. The Hall–Kier alpha value is -2.83. The van der Waals surface area contributed by atoms with E-state index >= 15 is 0 Å². The van der Waals surface area contributed by atoms with Crippen molar-refractivity contribution in [1.29, 1.82) is 0 Å². The Kier molecular flexibility index (Phi) is 5.35. The van der Waals surface area contributed by atoms with E-state index in [1.807, 2.05) is 36.4 Å². The highest BCUT2D eigenvalue weighted by Crippen LogP contribution is 2.37. The van der Waals surface area contributed by atoms with Crippen molar-refractivity contribution < 1.29 is 14.3 Å². The van der Waals surface area contributed by atoms with E-state index in [0.29, 0.717) is 10.7 Å². The first-order chi connectivity index (χ1) is 16.2. The SMILES string of the molecule is O=C(c1cc(Cl)nc2ccc(-c3ccc4c(c3)OCO4)cc12)N1CCCC1CN1CCCC1. The number of rotatable bonds is 4. The molecule has 3 aliphatic heterocycles. The van der Waals surface area contributed by atoms with Gasteiger partial charge < -0.3 is 19.3 Å². The van der Waals surface area contributed by atoms with Crippen molar-refractivity contribution in [3.05, 3.63) is 53.2 Å². The quantitative estimate of drug-likeness (QED) is 0.510. The predicted octanol–water partition coefficient (Wildman–Crippen LogP) is 4.98. The van der Waals surface area contributed by atoms with Gasteiger partial charge in [-0.25, -0.2) is 4.98 Å². The maximum atomic E-state index is 13.8. The summed E-state index contributed by atoms with van der Waals surface area (Å²) in [6, 6.07) is 13.9. The topological polar surface area (TPSA) is 54.9 Å². The zero-order chi connectivity index (χ0) is 22.4. The minimum absolute atomic E-state index is 0.0498. The largest absolute Gasteiger partial charge is 0.454 e. The summed E-state index contributed by atoms with van der Waals surface area (Å²) >= 11 is 6.35. The van der Waals surface area contributed by atoms with Crippen LogP contribution in [0.25, 0.3) is 22.0 Å². The number of pyridine rings is 1. The molecule has 0 bridgehead atoms. The number of fused-ring (bicyclic) bond motifs is 2. The van der Waals surface area contributed by atoms with Crippen LogP contribution in [0.5, 0.6) is 11.5 Å². The summed E-state index contributed by atoms with van der Waals surface area (Å²) < 4.78 is 11.0. The molecule has 4 heterocycles. The number of carbonyl (C=O) groups excluding carboxylic acids is 1. The molecule has 0 radical (unpaired) electrons. The number of benzene rings is 2. The van der Waals surface area contributed by atoms with Gasteiger partial charge >= 0.3 is 0 Å². The number of nitrogens with zero attached hydrogens (tertiary/aromatic N) is 3. The van der Waals surface area contributed by atoms with E-state index in [1.165, 1.54) is 12.8 Å². The lowest BCUT2D eigenvalue weighted by Gasteiger charge is -2.29. The van der Waals surface area contributed by atoms with Gasteiger partial charge in [-0.3, -0.25) is 4.79 Å². The Morgan fingerprint density at radius 3 is 2.64 bits per heavy atom. The lowest BCUT2D eigenvalue weighted by Crippen LogP contribution is -2.42. The number of ether oxygens (including phenoxy) is 2. The second kappa shape index (κ2) is 8.50.